The number of hydrogen-bond acceptors (Lipinski definition) is 5. The molecule has 1 amide bonds. The third kappa shape index (κ3) is 6.09. The molecule has 0 bridgehead atoms. The van der Waals surface area contributed by atoms with E-state index in [4.69, 9.17) is 14.7 Å². The van der Waals surface area contributed by atoms with Gasteiger partial charge in [0.15, 0.2) is 6.61 Å². The predicted octanol–water partition coefficient (Wildman–Crippen LogP) is 3.26. The van der Waals surface area contributed by atoms with Crippen molar-refractivity contribution in [3.63, 3.8) is 0 Å². The van der Waals surface area contributed by atoms with E-state index in [1.54, 1.807) is 13.2 Å². The van der Waals surface area contributed by atoms with Gasteiger partial charge in [-0.1, -0.05) is 18.2 Å². The predicted molar refractivity (Wildman–Crippen MR) is 101 cm³/mol. The van der Waals surface area contributed by atoms with Crippen LogP contribution >= 0.6 is 0 Å². The zero-order valence-corrected chi connectivity index (χ0v) is 15.6. The first-order chi connectivity index (χ1) is 13.5. The van der Waals surface area contributed by atoms with E-state index >= 15 is 0 Å². The smallest absolute Gasteiger partial charge is 0.306 e. The number of ether oxygens (including phenoxy) is 2. The SMILES string of the molecule is COc1ccccc1CCC(=O)OCC(=O)N(CCC#N)c1ccc(F)cc1. The number of para-hydroxylation sites is 1. The van der Waals surface area contributed by atoms with E-state index in [2.05, 4.69) is 0 Å². The molecule has 0 fully saturated rings. The maximum atomic E-state index is 13.1. The first-order valence-corrected chi connectivity index (χ1v) is 8.75. The first-order valence-electron chi connectivity index (χ1n) is 8.75. The number of nitriles is 1. The number of methoxy groups -OCH3 is 1. The number of rotatable bonds is 9. The van der Waals surface area contributed by atoms with E-state index in [0.29, 0.717) is 17.9 Å². The standard InChI is InChI=1S/C21H21FN2O4/c1-27-19-6-3-2-5-16(19)7-12-21(26)28-15-20(25)24(14-4-13-23)18-10-8-17(22)9-11-18/h2-3,5-6,8-11H,4,7,12,14-15H2,1H3. The molecule has 0 aliphatic carbocycles. The fourth-order valence-corrected chi connectivity index (χ4v) is 2.62. The Morgan fingerprint density at radius 3 is 2.54 bits per heavy atom. The van der Waals surface area contributed by atoms with Crippen molar-refractivity contribution in [2.45, 2.75) is 19.3 Å². The van der Waals surface area contributed by atoms with Crippen LogP contribution in [-0.2, 0) is 20.7 Å². The van der Waals surface area contributed by atoms with Gasteiger partial charge in [0.1, 0.15) is 11.6 Å². The fourth-order valence-electron chi connectivity index (χ4n) is 2.62. The molecule has 2 rings (SSSR count). The second-order valence-electron chi connectivity index (χ2n) is 5.90. The highest BCUT2D eigenvalue weighted by molar-refractivity contribution is 5.95. The number of anilines is 1. The van der Waals surface area contributed by atoms with Crippen molar-refractivity contribution >= 4 is 17.6 Å². The summed E-state index contributed by atoms with van der Waals surface area (Å²) in [5, 5.41) is 8.78. The average Bonchev–Trinajstić information content (AvgIpc) is 2.72. The van der Waals surface area contributed by atoms with Gasteiger partial charge in [0.2, 0.25) is 0 Å². The molecule has 7 heteroatoms. The van der Waals surface area contributed by atoms with Crippen LogP contribution in [0.3, 0.4) is 0 Å². The van der Waals surface area contributed by atoms with Crippen molar-refractivity contribution in [3.8, 4) is 11.8 Å². The van der Waals surface area contributed by atoms with E-state index in [1.807, 2.05) is 24.3 Å². The van der Waals surface area contributed by atoms with Crippen LogP contribution in [0.4, 0.5) is 10.1 Å². The van der Waals surface area contributed by atoms with Gasteiger partial charge in [0, 0.05) is 18.7 Å². The molecule has 0 aromatic heterocycles. The monoisotopic (exact) mass is 384 g/mol. The number of halogens is 1. The largest absolute Gasteiger partial charge is 0.496 e. The summed E-state index contributed by atoms with van der Waals surface area (Å²) in [7, 11) is 1.56. The average molecular weight is 384 g/mol. The van der Waals surface area contributed by atoms with Gasteiger partial charge in [-0.15, -0.1) is 0 Å². The summed E-state index contributed by atoms with van der Waals surface area (Å²) >= 11 is 0. The molecule has 0 unspecified atom stereocenters. The number of aryl methyl sites for hydroxylation is 1. The van der Waals surface area contributed by atoms with E-state index < -0.39 is 24.3 Å². The molecule has 6 nitrogen and oxygen atoms in total. The Kier molecular flexibility index (Phi) is 7.97. The second-order valence-corrected chi connectivity index (χ2v) is 5.90. The van der Waals surface area contributed by atoms with Gasteiger partial charge in [-0.05, 0) is 42.3 Å². The van der Waals surface area contributed by atoms with Gasteiger partial charge < -0.3 is 14.4 Å². The van der Waals surface area contributed by atoms with Gasteiger partial charge in [-0.25, -0.2) is 4.39 Å². The molecule has 2 aromatic carbocycles. The van der Waals surface area contributed by atoms with Crippen LogP contribution in [0.25, 0.3) is 0 Å². The van der Waals surface area contributed by atoms with Gasteiger partial charge >= 0.3 is 5.97 Å². The number of benzene rings is 2. The van der Waals surface area contributed by atoms with E-state index in [1.165, 1.54) is 29.2 Å². The molecule has 0 saturated carbocycles. The Hall–Kier alpha value is -3.40. The Morgan fingerprint density at radius 1 is 1.14 bits per heavy atom. The Bertz CT molecular complexity index is 846. The highest BCUT2D eigenvalue weighted by Crippen LogP contribution is 2.19. The second kappa shape index (κ2) is 10.7. The molecule has 0 aliphatic heterocycles. The summed E-state index contributed by atoms with van der Waals surface area (Å²) in [4.78, 5) is 25.7. The van der Waals surface area contributed by atoms with Gasteiger partial charge in [-0.3, -0.25) is 9.59 Å². The molecule has 0 atom stereocenters. The molecule has 0 spiro atoms. The Morgan fingerprint density at radius 2 is 1.86 bits per heavy atom. The molecular formula is C21H21FN2O4. The minimum Gasteiger partial charge on any atom is -0.496 e. The van der Waals surface area contributed by atoms with Crippen LogP contribution in [0.5, 0.6) is 5.75 Å². The third-order valence-electron chi connectivity index (χ3n) is 4.03. The molecule has 0 saturated heterocycles. The maximum Gasteiger partial charge on any atom is 0.306 e. The molecule has 0 N–H and O–H groups in total. The molecule has 2 aromatic rings. The summed E-state index contributed by atoms with van der Waals surface area (Å²) in [6.07, 6.45) is 0.625. The van der Waals surface area contributed by atoms with Gasteiger partial charge in [0.05, 0.1) is 19.6 Å². The molecule has 146 valence electrons. The van der Waals surface area contributed by atoms with Crippen LogP contribution in [0, 0.1) is 17.1 Å². The third-order valence-corrected chi connectivity index (χ3v) is 4.03. The van der Waals surface area contributed by atoms with E-state index in [9.17, 15) is 14.0 Å². The number of esters is 1. The van der Waals surface area contributed by atoms with Crippen molar-refractivity contribution in [1.29, 1.82) is 5.26 Å². The van der Waals surface area contributed by atoms with Gasteiger partial charge in [-0.2, -0.15) is 5.26 Å². The van der Waals surface area contributed by atoms with Crippen LogP contribution in [0.15, 0.2) is 48.5 Å². The first kappa shape index (κ1) is 20.9. The molecular weight excluding hydrogens is 363 g/mol. The molecule has 0 aliphatic rings. The molecule has 28 heavy (non-hydrogen) atoms. The maximum absolute atomic E-state index is 13.1. The van der Waals surface area contributed by atoms with Crippen molar-refractivity contribution in [2.24, 2.45) is 0 Å². The van der Waals surface area contributed by atoms with Crippen LogP contribution < -0.4 is 9.64 Å². The fraction of sp³-hybridized carbons (Fsp3) is 0.286. The molecule has 0 radical (unpaired) electrons. The van der Waals surface area contributed by atoms with Crippen molar-refractivity contribution < 1.29 is 23.5 Å². The zero-order chi connectivity index (χ0) is 20.4. The van der Waals surface area contributed by atoms with Crippen molar-refractivity contribution in [1.82, 2.24) is 0 Å². The lowest BCUT2D eigenvalue weighted by Crippen LogP contribution is -2.35. The summed E-state index contributed by atoms with van der Waals surface area (Å²) in [5.74, 6) is -0.740. The van der Waals surface area contributed by atoms with E-state index in [0.717, 1.165) is 5.56 Å². The summed E-state index contributed by atoms with van der Waals surface area (Å²) < 4.78 is 23.4. The van der Waals surface area contributed by atoms with Crippen molar-refractivity contribution in [2.75, 3.05) is 25.2 Å². The lowest BCUT2D eigenvalue weighted by molar-refractivity contribution is -0.147. The lowest BCUT2D eigenvalue weighted by atomic mass is 10.1. The number of amides is 1. The van der Waals surface area contributed by atoms with Gasteiger partial charge in [0.25, 0.3) is 5.91 Å². The number of nitrogens with zero attached hydrogens (tertiary/aromatic N) is 2. The minimum absolute atomic E-state index is 0.0996. The quantitative estimate of drug-likeness (QED) is 0.620. The Labute approximate surface area is 163 Å². The van der Waals surface area contributed by atoms with E-state index in [-0.39, 0.29) is 19.4 Å². The highest BCUT2D eigenvalue weighted by Gasteiger charge is 2.18. The number of hydrogen-bond donors (Lipinski definition) is 0. The van der Waals surface area contributed by atoms with Crippen LogP contribution in [-0.4, -0.2) is 32.1 Å². The molecule has 0 heterocycles. The zero-order valence-electron chi connectivity index (χ0n) is 15.6. The summed E-state index contributed by atoms with van der Waals surface area (Å²) in [5.41, 5.74) is 1.31. The van der Waals surface area contributed by atoms with Crippen molar-refractivity contribution in [3.05, 3.63) is 59.9 Å². The summed E-state index contributed by atoms with van der Waals surface area (Å²) in [6.45, 7) is -0.326. The lowest BCUT2D eigenvalue weighted by Gasteiger charge is -2.21. The van der Waals surface area contributed by atoms with Crippen LogP contribution in [0.1, 0.15) is 18.4 Å². The topological polar surface area (TPSA) is 79.6 Å². The number of carbonyl (C=O) groups is 2. The summed E-state index contributed by atoms with van der Waals surface area (Å²) in [6, 6.07) is 14.6. The van der Waals surface area contributed by atoms with Crippen LogP contribution in [0.2, 0.25) is 0 Å². The minimum atomic E-state index is -0.515. The number of carbonyl (C=O) groups excluding carboxylic acids is 2. The normalized spacial score (nSPS) is 10.0. The Balaban J connectivity index is 1.91. The highest BCUT2D eigenvalue weighted by atomic mass is 19.1.